The monoisotopic (exact) mass is 178 g/mol. The van der Waals surface area contributed by atoms with Crippen molar-refractivity contribution in [2.75, 3.05) is 0 Å². The van der Waals surface area contributed by atoms with Crippen LogP contribution in [0.2, 0.25) is 0 Å². The first-order valence-corrected chi connectivity index (χ1v) is 5.42. The lowest BCUT2D eigenvalue weighted by molar-refractivity contribution is 0.361. The highest BCUT2D eigenvalue weighted by atomic mass is 16.6. The lowest BCUT2D eigenvalue weighted by atomic mass is 10.1. The van der Waals surface area contributed by atoms with Gasteiger partial charge in [-0.15, -0.1) is 0 Å². The quantitative estimate of drug-likeness (QED) is 0.410. The normalized spacial score (nSPS) is 34.5. The lowest BCUT2D eigenvalue weighted by Gasteiger charge is -1.94. The molecule has 0 amide bonds. The van der Waals surface area contributed by atoms with E-state index in [2.05, 4.69) is 24.3 Å². The Hall–Kier alpha value is -0.560. The van der Waals surface area contributed by atoms with E-state index in [0.717, 1.165) is 6.42 Å². The third-order valence-electron chi connectivity index (χ3n) is 2.75. The molecule has 2 unspecified atom stereocenters. The van der Waals surface area contributed by atoms with E-state index in [0.29, 0.717) is 12.2 Å². The number of allylic oxidation sites excluding steroid dienone is 3. The van der Waals surface area contributed by atoms with Gasteiger partial charge in [-0.25, -0.2) is 0 Å². The molecule has 0 bridgehead atoms. The zero-order chi connectivity index (χ0) is 8.93. The average molecular weight is 178 g/mol. The maximum Gasteiger partial charge on any atom is 0.0876 e. The summed E-state index contributed by atoms with van der Waals surface area (Å²) in [5.41, 5.74) is 0. The lowest BCUT2D eigenvalue weighted by Crippen LogP contribution is -1.92. The highest BCUT2D eigenvalue weighted by Crippen LogP contribution is 2.30. The van der Waals surface area contributed by atoms with Gasteiger partial charge in [0.25, 0.3) is 0 Å². The number of ether oxygens (including phenoxy) is 1. The van der Waals surface area contributed by atoms with Gasteiger partial charge in [0.1, 0.15) is 0 Å². The van der Waals surface area contributed by atoms with Crippen LogP contribution in [-0.4, -0.2) is 12.2 Å². The number of hydrogen-bond donors (Lipinski definition) is 0. The zero-order valence-electron chi connectivity index (χ0n) is 8.11. The third kappa shape index (κ3) is 3.00. The van der Waals surface area contributed by atoms with Crippen LogP contribution >= 0.6 is 0 Å². The van der Waals surface area contributed by atoms with Crippen molar-refractivity contribution < 1.29 is 4.74 Å². The Balaban J connectivity index is 1.80. The Morgan fingerprint density at radius 3 is 2.54 bits per heavy atom. The summed E-state index contributed by atoms with van der Waals surface area (Å²) >= 11 is 0. The topological polar surface area (TPSA) is 12.5 Å². The molecule has 1 nitrogen and oxygen atoms in total. The molecule has 2 rings (SSSR count). The van der Waals surface area contributed by atoms with Gasteiger partial charge in [0.2, 0.25) is 0 Å². The molecule has 0 aromatic rings. The van der Waals surface area contributed by atoms with Gasteiger partial charge in [-0.05, 0) is 38.5 Å². The van der Waals surface area contributed by atoms with Crippen molar-refractivity contribution in [2.24, 2.45) is 0 Å². The minimum Gasteiger partial charge on any atom is -0.369 e. The minimum atomic E-state index is 0.555. The second-order valence-corrected chi connectivity index (χ2v) is 3.90. The molecule has 0 aromatic carbocycles. The van der Waals surface area contributed by atoms with E-state index in [1.54, 1.807) is 0 Å². The first-order valence-electron chi connectivity index (χ1n) is 5.42. The fourth-order valence-corrected chi connectivity index (χ4v) is 1.85. The summed E-state index contributed by atoms with van der Waals surface area (Å²) in [4.78, 5) is 0. The summed E-state index contributed by atoms with van der Waals surface area (Å²) in [5, 5.41) is 0. The van der Waals surface area contributed by atoms with Crippen LogP contribution in [0.5, 0.6) is 0 Å². The molecule has 1 heterocycles. The van der Waals surface area contributed by atoms with Crippen LogP contribution in [0.15, 0.2) is 24.3 Å². The number of rotatable bonds is 0. The van der Waals surface area contributed by atoms with Gasteiger partial charge in [0.15, 0.2) is 0 Å². The fourth-order valence-electron chi connectivity index (χ4n) is 1.85. The standard InChI is InChI=1S/C12H18O/c1-2-4-6-8-10-12-11(13-12)9-7-5-3-1/h1,3,6,8,11-12H,2,4-5,7,9-10H2. The molecule has 1 aliphatic carbocycles. The molecule has 0 radical (unpaired) electrons. The van der Waals surface area contributed by atoms with Crippen LogP contribution in [0.1, 0.15) is 38.5 Å². The molecule has 1 saturated heterocycles. The van der Waals surface area contributed by atoms with Crippen molar-refractivity contribution >= 4 is 0 Å². The summed E-state index contributed by atoms with van der Waals surface area (Å²) in [6.07, 6.45) is 17.6. The summed E-state index contributed by atoms with van der Waals surface area (Å²) in [5.74, 6) is 0. The molecule has 2 atom stereocenters. The first kappa shape index (κ1) is 9.01. The van der Waals surface area contributed by atoms with Crippen molar-refractivity contribution in [3.8, 4) is 0 Å². The van der Waals surface area contributed by atoms with E-state index >= 15 is 0 Å². The Kier molecular flexibility index (Phi) is 3.20. The van der Waals surface area contributed by atoms with Gasteiger partial charge >= 0.3 is 0 Å². The highest BCUT2D eigenvalue weighted by Gasteiger charge is 2.36. The molecule has 1 heteroatoms. The van der Waals surface area contributed by atoms with Gasteiger partial charge < -0.3 is 4.74 Å². The van der Waals surface area contributed by atoms with Gasteiger partial charge in [-0.2, -0.15) is 0 Å². The van der Waals surface area contributed by atoms with Gasteiger partial charge in [-0.1, -0.05) is 24.3 Å². The summed E-state index contributed by atoms with van der Waals surface area (Å²) in [6, 6.07) is 0. The summed E-state index contributed by atoms with van der Waals surface area (Å²) in [6.45, 7) is 0. The SMILES string of the molecule is C1=CCCCC2OC2CC=CCC1. The van der Waals surface area contributed by atoms with E-state index in [-0.39, 0.29) is 0 Å². The molecule has 0 aromatic heterocycles. The molecule has 1 fully saturated rings. The van der Waals surface area contributed by atoms with E-state index in [9.17, 15) is 0 Å². The maximum atomic E-state index is 5.56. The molecule has 2 aliphatic rings. The fraction of sp³-hybridized carbons (Fsp3) is 0.667. The van der Waals surface area contributed by atoms with E-state index in [1.165, 1.54) is 32.1 Å². The number of fused-ring (bicyclic) bond motifs is 1. The van der Waals surface area contributed by atoms with Crippen LogP contribution < -0.4 is 0 Å². The Morgan fingerprint density at radius 2 is 1.62 bits per heavy atom. The Bertz CT molecular complexity index is 205. The predicted octanol–water partition coefficient (Wildman–Crippen LogP) is 3.22. The second kappa shape index (κ2) is 4.61. The molecule has 0 N–H and O–H groups in total. The van der Waals surface area contributed by atoms with Crippen LogP contribution in [0.3, 0.4) is 0 Å². The summed E-state index contributed by atoms with van der Waals surface area (Å²) < 4.78 is 5.56. The van der Waals surface area contributed by atoms with Gasteiger partial charge in [0.05, 0.1) is 12.2 Å². The van der Waals surface area contributed by atoms with Crippen LogP contribution in [-0.2, 0) is 4.74 Å². The molecule has 0 spiro atoms. The molecule has 13 heavy (non-hydrogen) atoms. The predicted molar refractivity (Wildman–Crippen MR) is 54.6 cm³/mol. The zero-order valence-corrected chi connectivity index (χ0v) is 8.11. The second-order valence-electron chi connectivity index (χ2n) is 3.90. The molecular weight excluding hydrogens is 160 g/mol. The molecular formula is C12H18O. The average Bonchev–Trinajstić information content (AvgIpc) is 2.83. The van der Waals surface area contributed by atoms with Crippen LogP contribution in [0.25, 0.3) is 0 Å². The van der Waals surface area contributed by atoms with Crippen LogP contribution in [0, 0.1) is 0 Å². The maximum absolute atomic E-state index is 5.56. The Labute approximate surface area is 80.5 Å². The smallest absolute Gasteiger partial charge is 0.0876 e. The molecule has 1 aliphatic heterocycles. The highest BCUT2D eigenvalue weighted by molar-refractivity contribution is 4.96. The van der Waals surface area contributed by atoms with Gasteiger partial charge in [0, 0.05) is 0 Å². The van der Waals surface area contributed by atoms with Gasteiger partial charge in [-0.3, -0.25) is 0 Å². The van der Waals surface area contributed by atoms with Crippen molar-refractivity contribution in [1.82, 2.24) is 0 Å². The molecule has 0 saturated carbocycles. The van der Waals surface area contributed by atoms with Crippen molar-refractivity contribution in [2.45, 2.75) is 50.7 Å². The van der Waals surface area contributed by atoms with E-state index in [4.69, 9.17) is 4.74 Å². The van der Waals surface area contributed by atoms with Crippen molar-refractivity contribution in [3.63, 3.8) is 0 Å². The van der Waals surface area contributed by atoms with E-state index < -0.39 is 0 Å². The largest absolute Gasteiger partial charge is 0.369 e. The first-order chi connectivity index (χ1) is 6.47. The molecule has 72 valence electrons. The Morgan fingerprint density at radius 1 is 0.846 bits per heavy atom. The van der Waals surface area contributed by atoms with Crippen molar-refractivity contribution in [3.05, 3.63) is 24.3 Å². The minimum absolute atomic E-state index is 0.555. The third-order valence-corrected chi connectivity index (χ3v) is 2.75. The van der Waals surface area contributed by atoms with E-state index in [1.807, 2.05) is 0 Å². The summed E-state index contributed by atoms with van der Waals surface area (Å²) in [7, 11) is 0. The van der Waals surface area contributed by atoms with Crippen LogP contribution in [0.4, 0.5) is 0 Å². The number of epoxide rings is 1. The number of hydrogen-bond acceptors (Lipinski definition) is 1. The van der Waals surface area contributed by atoms with Crippen molar-refractivity contribution in [1.29, 1.82) is 0 Å².